The number of aryl methyl sites for hydroxylation is 3. The number of hydrogen-bond acceptors (Lipinski definition) is 0. The summed E-state index contributed by atoms with van der Waals surface area (Å²) in [6.45, 7) is 11.3. The zero-order valence-corrected chi connectivity index (χ0v) is 17.4. The van der Waals surface area contributed by atoms with Crippen molar-refractivity contribution in [2.45, 2.75) is 40.5 Å². The quantitative estimate of drug-likeness (QED) is 0.527. The summed E-state index contributed by atoms with van der Waals surface area (Å²) in [5.74, 6) is 0.369. The van der Waals surface area contributed by atoms with E-state index >= 15 is 0 Å². The predicted octanol–water partition coefficient (Wildman–Crippen LogP) is 5.13. The Bertz CT molecular complexity index is 1220. The van der Waals surface area contributed by atoms with E-state index in [1.807, 2.05) is 0 Å². The summed E-state index contributed by atoms with van der Waals surface area (Å²) in [7, 11) is 0. The van der Waals surface area contributed by atoms with E-state index in [1.54, 1.807) is 5.46 Å². The molecule has 1 aliphatic heterocycles. The molecule has 1 unspecified atom stereocenters. The van der Waals surface area contributed by atoms with Crippen LogP contribution in [0.15, 0.2) is 71.8 Å². The Morgan fingerprint density at radius 3 is 2.21 bits per heavy atom. The van der Waals surface area contributed by atoms with Gasteiger partial charge in [-0.3, -0.25) is 0 Å². The lowest BCUT2D eigenvalue weighted by Gasteiger charge is -2.42. The molecule has 0 saturated heterocycles. The van der Waals surface area contributed by atoms with Crippen LogP contribution in [0.4, 0.5) is 0 Å². The highest BCUT2D eigenvalue weighted by Crippen LogP contribution is 2.35. The normalized spacial score (nSPS) is 18.1. The number of benzene rings is 3. The van der Waals surface area contributed by atoms with Crippen LogP contribution >= 0.6 is 0 Å². The second-order valence-electron chi connectivity index (χ2n) is 8.71. The third-order valence-corrected chi connectivity index (χ3v) is 6.62. The highest BCUT2D eigenvalue weighted by atomic mass is 14.3. The third kappa shape index (κ3) is 2.42. The Hall–Kier alpha value is -2.67. The number of hydrogen-bond donors (Lipinski definition) is 0. The largest absolute Gasteiger partial charge is 0.231 e. The van der Waals surface area contributed by atoms with Crippen molar-refractivity contribution in [1.29, 1.82) is 0 Å². The SMILES string of the molecule is CC1=CC2C(=[B-](c3c(C)cc(C)cc3C)c3cccc4cccc2c34)C(C)=C1. The summed E-state index contributed by atoms with van der Waals surface area (Å²) >= 11 is 0. The molecule has 2 aliphatic rings. The summed E-state index contributed by atoms with van der Waals surface area (Å²) in [5, 5.41) is 2.82. The van der Waals surface area contributed by atoms with E-state index in [0.717, 1.165) is 0 Å². The number of fused-ring (bicyclic) bond motifs is 2. The van der Waals surface area contributed by atoms with E-state index in [-0.39, 0.29) is 0 Å². The monoisotopic (exact) mass is 361 g/mol. The topological polar surface area (TPSA) is 0 Å². The maximum atomic E-state index is 2.47. The molecule has 0 N–H and O–H groups in total. The molecule has 0 radical (unpaired) electrons. The Balaban J connectivity index is 1.98. The molecule has 1 atom stereocenters. The van der Waals surface area contributed by atoms with Crippen molar-refractivity contribution < 1.29 is 0 Å². The molecular weight excluding hydrogens is 335 g/mol. The fourth-order valence-electron chi connectivity index (χ4n) is 5.76. The second kappa shape index (κ2) is 6.17. The molecule has 1 aliphatic carbocycles. The Kier molecular flexibility index (Phi) is 3.84. The van der Waals surface area contributed by atoms with E-state index in [2.05, 4.69) is 95.3 Å². The van der Waals surface area contributed by atoms with Crippen LogP contribution in [0, 0.1) is 20.8 Å². The molecule has 28 heavy (non-hydrogen) atoms. The number of allylic oxidation sites excluding steroid dienone is 4. The van der Waals surface area contributed by atoms with Gasteiger partial charge in [-0.1, -0.05) is 100 Å². The minimum atomic E-state index is 0.324. The summed E-state index contributed by atoms with van der Waals surface area (Å²) in [6, 6.07) is 18.4. The maximum Gasteiger partial charge on any atom is -0.0111 e. The minimum absolute atomic E-state index is 0.324. The minimum Gasteiger partial charge on any atom is -0.231 e. The maximum absolute atomic E-state index is 2.47. The Morgan fingerprint density at radius 2 is 1.50 bits per heavy atom. The van der Waals surface area contributed by atoms with Crippen LogP contribution < -0.4 is 10.9 Å². The molecule has 0 aromatic heterocycles. The highest BCUT2D eigenvalue weighted by molar-refractivity contribution is 6.96. The van der Waals surface area contributed by atoms with E-state index in [1.165, 1.54) is 55.1 Å². The zero-order chi connectivity index (χ0) is 19.6. The molecule has 5 rings (SSSR count). The van der Waals surface area contributed by atoms with Crippen molar-refractivity contribution in [3.05, 3.63) is 94.1 Å². The fourth-order valence-corrected chi connectivity index (χ4v) is 5.76. The number of rotatable bonds is 1. The van der Waals surface area contributed by atoms with Crippen molar-refractivity contribution in [1.82, 2.24) is 0 Å². The summed E-state index contributed by atoms with van der Waals surface area (Å²) in [4.78, 5) is 0. The van der Waals surface area contributed by atoms with Gasteiger partial charge < -0.3 is 0 Å². The van der Waals surface area contributed by atoms with Crippen LogP contribution in [-0.2, 0) is 0 Å². The third-order valence-electron chi connectivity index (χ3n) is 6.62. The molecule has 0 spiro atoms. The molecular formula is C27H26B-. The first-order valence-electron chi connectivity index (χ1n) is 10.3. The van der Waals surface area contributed by atoms with Crippen LogP contribution in [0.25, 0.3) is 10.8 Å². The van der Waals surface area contributed by atoms with Gasteiger partial charge in [-0.25, -0.2) is 16.4 Å². The lowest BCUT2D eigenvalue weighted by molar-refractivity contribution is 1.13. The van der Waals surface area contributed by atoms with E-state index in [9.17, 15) is 0 Å². The molecule has 1 heteroatoms. The molecule has 0 fully saturated rings. The van der Waals surface area contributed by atoms with Crippen molar-refractivity contribution in [2.75, 3.05) is 0 Å². The van der Waals surface area contributed by atoms with Gasteiger partial charge in [0.15, 0.2) is 0 Å². The van der Waals surface area contributed by atoms with Crippen LogP contribution in [0.3, 0.4) is 0 Å². The molecule has 0 nitrogen and oxygen atoms in total. The van der Waals surface area contributed by atoms with Gasteiger partial charge >= 0.3 is 0 Å². The first kappa shape index (κ1) is 17.4. The summed E-state index contributed by atoms with van der Waals surface area (Å²) < 4.78 is 0. The Labute approximate surface area is 168 Å². The van der Waals surface area contributed by atoms with Gasteiger partial charge in [0, 0.05) is 0 Å². The van der Waals surface area contributed by atoms with Gasteiger partial charge in [-0.15, -0.1) is 0 Å². The average molecular weight is 361 g/mol. The van der Waals surface area contributed by atoms with Crippen molar-refractivity contribution in [3.63, 3.8) is 0 Å². The van der Waals surface area contributed by atoms with Crippen LogP contribution in [0.5, 0.6) is 0 Å². The lowest BCUT2D eigenvalue weighted by Crippen LogP contribution is -2.48. The van der Waals surface area contributed by atoms with Gasteiger partial charge in [0.25, 0.3) is 0 Å². The molecule has 138 valence electrons. The zero-order valence-electron chi connectivity index (χ0n) is 17.4. The van der Waals surface area contributed by atoms with Crippen LogP contribution in [0.1, 0.15) is 42.0 Å². The first-order chi connectivity index (χ1) is 13.5. The van der Waals surface area contributed by atoms with Gasteiger partial charge in [0.1, 0.15) is 0 Å². The second-order valence-corrected chi connectivity index (χ2v) is 8.71. The van der Waals surface area contributed by atoms with Gasteiger partial charge in [-0.05, 0) is 51.5 Å². The fraction of sp³-hybridized carbons (Fsp3) is 0.222. The van der Waals surface area contributed by atoms with Crippen molar-refractivity contribution in [3.8, 4) is 0 Å². The predicted molar refractivity (Wildman–Crippen MR) is 125 cm³/mol. The van der Waals surface area contributed by atoms with E-state index in [0.29, 0.717) is 12.3 Å². The molecule has 3 aromatic carbocycles. The smallest absolute Gasteiger partial charge is 0.0111 e. The average Bonchev–Trinajstić information content (AvgIpc) is 2.63. The van der Waals surface area contributed by atoms with Crippen molar-refractivity contribution >= 4 is 33.5 Å². The molecule has 1 heterocycles. The molecule has 0 bridgehead atoms. The van der Waals surface area contributed by atoms with Gasteiger partial charge in [0.2, 0.25) is 0 Å². The lowest BCUT2D eigenvalue weighted by atomic mass is 9.40. The Morgan fingerprint density at radius 1 is 0.821 bits per heavy atom. The molecule has 0 saturated carbocycles. The molecule has 0 amide bonds. The van der Waals surface area contributed by atoms with Crippen molar-refractivity contribution in [2.24, 2.45) is 0 Å². The van der Waals surface area contributed by atoms with Crippen LogP contribution in [-0.4, -0.2) is 11.8 Å². The van der Waals surface area contributed by atoms with Gasteiger partial charge in [0.05, 0.1) is 0 Å². The van der Waals surface area contributed by atoms with E-state index < -0.39 is 0 Å². The molecule has 3 aromatic rings. The van der Waals surface area contributed by atoms with E-state index in [4.69, 9.17) is 0 Å². The standard InChI is InChI=1S/C27H26B/c1-16-12-18(3)26(19(4)13-16)28-24-11-7-9-21-8-6-10-22(25(21)24)23-15-17(2)14-20(5)27(23)28/h6-15,23H,1-5H3/q-1. The first-order valence-corrected chi connectivity index (χ1v) is 10.3. The van der Waals surface area contributed by atoms with Crippen LogP contribution in [0.2, 0.25) is 0 Å². The van der Waals surface area contributed by atoms with Gasteiger partial charge in [-0.2, -0.15) is 0 Å². The summed E-state index contributed by atoms with van der Waals surface area (Å²) in [6.07, 6.45) is 5.16. The highest BCUT2D eigenvalue weighted by Gasteiger charge is 2.24. The summed E-state index contributed by atoms with van der Waals surface area (Å²) in [5.41, 5.74) is 13.0.